The monoisotopic (exact) mass is 420 g/mol. The first kappa shape index (κ1) is 23.2. The van der Waals surface area contributed by atoms with Gasteiger partial charge in [-0.25, -0.2) is 4.79 Å². The van der Waals surface area contributed by atoms with Gasteiger partial charge < -0.3 is 25.2 Å². The van der Waals surface area contributed by atoms with Crippen LogP contribution in [0.4, 0.5) is 4.79 Å². The zero-order valence-electron chi connectivity index (χ0n) is 17.0. The number of hydrogen-bond donors (Lipinski definition) is 3. The van der Waals surface area contributed by atoms with Crippen molar-refractivity contribution in [3.8, 4) is 0 Å². The van der Waals surface area contributed by atoms with Crippen LogP contribution < -0.4 is 10.6 Å². The van der Waals surface area contributed by atoms with Crippen molar-refractivity contribution in [3.63, 3.8) is 0 Å². The van der Waals surface area contributed by atoms with Crippen LogP contribution in [0.25, 0.3) is 0 Å². The van der Waals surface area contributed by atoms with Gasteiger partial charge in [0.15, 0.2) is 0 Å². The van der Waals surface area contributed by atoms with Gasteiger partial charge in [0.05, 0.1) is 6.42 Å². The number of benzene rings is 1. The zero-order valence-corrected chi connectivity index (χ0v) is 17.0. The fourth-order valence-electron chi connectivity index (χ4n) is 3.08. The number of amides is 2. The summed E-state index contributed by atoms with van der Waals surface area (Å²) in [6.45, 7) is 1.27. The quantitative estimate of drug-likeness (QED) is 0.522. The molecule has 0 bridgehead atoms. The molecule has 9 heteroatoms. The first-order valence-corrected chi connectivity index (χ1v) is 10.0. The van der Waals surface area contributed by atoms with Gasteiger partial charge in [0.25, 0.3) is 0 Å². The number of hydrogen-bond acceptors (Lipinski definition) is 6. The van der Waals surface area contributed by atoms with Crippen molar-refractivity contribution < 1.29 is 33.8 Å². The Hall–Kier alpha value is -3.10. The molecule has 0 aliphatic heterocycles. The van der Waals surface area contributed by atoms with E-state index in [9.17, 15) is 19.2 Å². The molecule has 1 aromatic rings. The molecule has 0 spiro atoms. The summed E-state index contributed by atoms with van der Waals surface area (Å²) in [6.07, 6.45) is 3.07. The molecule has 0 radical (unpaired) electrons. The molecule has 0 heterocycles. The Morgan fingerprint density at radius 1 is 1.07 bits per heavy atom. The number of aliphatic carboxylic acids is 1. The van der Waals surface area contributed by atoms with E-state index in [1.165, 1.54) is 6.92 Å². The summed E-state index contributed by atoms with van der Waals surface area (Å²) in [5, 5.41) is 13.6. The van der Waals surface area contributed by atoms with Crippen molar-refractivity contribution in [1.29, 1.82) is 0 Å². The van der Waals surface area contributed by atoms with E-state index in [0.29, 0.717) is 0 Å². The number of carbonyl (C=O) groups excluding carboxylic acids is 3. The maximum Gasteiger partial charge on any atom is 0.408 e. The molecule has 164 valence electrons. The van der Waals surface area contributed by atoms with E-state index in [4.69, 9.17) is 14.6 Å². The van der Waals surface area contributed by atoms with E-state index >= 15 is 0 Å². The molecular formula is C21H28N2O7. The molecule has 0 aromatic heterocycles. The number of carboxylic acid groups (broad SMARTS) is 1. The number of esters is 1. The molecular weight excluding hydrogens is 392 g/mol. The van der Waals surface area contributed by atoms with Gasteiger partial charge in [-0.3, -0.25) is 14.4 Å². The third-order valence-electron chi connectivity index (χ3n) is 4.77. The van der Waals surface area contributed by atoms with Crippen molar-refractivity contribution in [2.45, 2.75) is 70.2 Å². The molecule has 1 aliphatic rings. The van der Waals surface area contributed by atoms with E-state index in [2.05, 4.69) is 10.6 Å². The number of alkyl carbamates (subject to hydrolysis) is 1. The first-order valence-electron chi connectivity index (χ1n) is 10.0. The van der Waals surface area contributed by atoms with Gasteiger partial charge in [-0.05, 0) is 38.2 Å². The average Bonchev–Trinajstić information content (AvgIpc) is 2.73. The lowest BCUT2D eigenvalue weighted by molar-refractivity contribution is -0.152. The molecule has 1 aromatic carbocycles. The second-order valence-corrected chi connectivity index (χ2v) is 7.28. The molecule has 9 nitrogen and oxygen atoms in total. The Kier molecular flexibility index (Phi) is 9.11. The van der Waals surface area contributed by atoms with E-state index in [1.54, 1.807) is 24.3 Å². The third kappa shape index (κ3) is 8.10. The number of nitrogens with one attached hydrogen (secondary N) is 2. The van der Waals surface area contributed by atoms with Gasteiger partial charge in [-0.15, -0.1) is 0 Å². The van der Waals surface area contributed by atoms with Crippen LogP contribution in [0.2, 0.25) is 0 Å². The smallest absolute Gasteiger partial charge is 0.408 e. The predicted molar refractivity (Wildman–Crippen MR) is 106 cm³/mol. The van der Waals surface area contributed by atoms with Crippen LogP contribution in [0.3, 0.4) is 0 Å². The van der Waals surface area contributed by atoms with Crippen molar-refractivity contribution >= 4 is 23.9 Å². The van der Waals surface area contributed by atoms with Crippen LogP contribution in [0.15, 0.2) is 30.3 Å². The van der Waals surface area contributed by atoms with Gasteiger partial charge in [-0.2, -0.15) is 0 Å². The topological polar surface area (TPSA) is 131 Å². The van der Waals surface area contributed by atoms with Crippen molar-refractivity contribution in [2.75, 3.05) is 0 Å². The minimum atomic E-state index is -1.31. The molecule has 1 aliphatic carbocycles. The summed E-state index contributed by atoms with van der Waals surface area (Å²) in [7, 11) is 0. The van der Waals surface area contributed by atoms with Crippen LogP contribution in [-0.2, 0) is 30.5 Å². The fraction of sp³-hybridized carbons (Fsp3) is 0.524. The molecule has 1 fully saturated rings. The summed E-state index contributed by atoms with van der Waals surface area (Å²) >= 11 is 0. The molecule has 2 atom stereocenters. The second kappa shape index (κ2) is 11.8. The highest BCUT2D eigenvalue weighted by molar-refractivity contribution is 5.92. The van der Waals surface area contributed by atoms with Gasteiger partial charge in [0, 0.05) is 0 Å². The average molecular weight is 420 g/mol. The molecule has 2 amide bonds. The number of carboxylic acids is 1. The van der Waals surface area contributed by atoms with Crippen LogP contribution in [-0.4, -0.2) is 47.2 Å². The Labute approximate surface area is 175 Å². The van der Waals surface area contributed by atoms with Crippen molar-refractivity contribution in [3.05, 3.63) is 35.9 Å². The maximum atomic E-state index is 12.4. The maximum absolute atomic E-state index is 12.4. The van der Waals surface area contributed by atoms with Crippen molar-refractivity contribution in [2.24, 2.45) is 0 Å². The predicted octanol–water partition coefficient (Wildman–Crippen LogP) is 2.14. The summed E-state index contributed by atoms with van der Waals surface area (Å²) in [5.74, 6) is -2.67. The molecule has 3 N–H and O–H groups in total. The molecule has 30 heavy (non-hydrogen) atoms. The molecule has 2 rings (SSSR count). The van der Waals surface area contributed by atoms with E-state index < -0.39 is 42.4 Å². The Morgan fingerprint density at radius 3 is 2.37 bits per heavy atom. The summed E-state index contributed by atoms with van der Waals surface area (Å²) in [5.41, 5.74) is 0.754. The minimum Gasteiger partial charge on any atom is -0.480 e. The third-order valence-corrected chi connectivity index (χ3v) is 4.77. The highest BCUT2D eigenvalue weighted by atomic mass is 16.6. The van der Waals surface area contributed by atoms with Gasteiger partial charge in [0.1, 0.15) is 24.8 Å². The largest absolute Gasteiger partial charge is 0.480 e. The van der Waals surface area contributed by atoms with E-state index in [0.717, 1.165) is 37.7 Å². The standard InChI is InChI=1S/C21H28N2O7/c1-14(20(26)27)22-19(25)17(12-18(24)30-16-10-6-3-7-11-16)23-21(28)29-13-15-8-4-2-5-9-15/h2,4-5,8-9,14,16-17H,3,6-7,10-13H2,1H3,(H,22,25)(H,23,28)(H,26,27)/t14-,17-/m0/s1. The van der Waals surface area contributed by atoms with Crippen molar-refractivity contribution in [1.82, 2.24) is 10.6 Å². The Balaban J connectivity index is 1.94. The van der Waals surface area contributed by atoms with Crippen LogP contribution in [0.1, 0.15) is 51.0 Å². The van der Waals surface area contributed by atoms with Crippen LogP contribution in [0, 0.1) is 0 Å². The summed E-state index contributed by atoms with van der Waals surface area (Å²) < 4.78 is 10.5. The van der Waals surface area contributed by atoms with Gasteiger partial charge >= 0.3 is 18.0 Å². The summed E-state index contributed by atoms with van der Waals surface area (Å²) in [4.78, 5) is 47.9. The lowest BCUT2D eigenvalue weighted by atomic mass is 9.98. The minimum absolute atomic E-state index is 0.0148. The SMILES string of the molecule is C[C@H](NC(=O)[C@H](CC(=O)OC1CCCCC1)NC(=O)OCc1ccccc1)C(=O)O. The lowest BCUT2D eigenvalue weighted by Gasteiger charge is -2.24. The van der Waals surface area contributed by atoms with Crippen LogP contribution >= 0.6 is 0 Å². The van der Waals surface area contributed by atoms with Crippen LogP contribution in [0.5, 0.6) is 0 Å². The van der Waals surface area contributed by atoms with Gasteiger partial charge in [-0.1, -0.05) is 36.8 Å². The first-order chi connectivity index (χ1) is 14.3. The molecule has 0 saturated heterocycles. The highest BCUT2D eigenvalue weighted by Crippen LogP contribution is 2.20. The number of rotatable bonds is 9. The molecule has 0 unspecified atom stereocenters. The molecule has 1 saturated carbocycles. The number of carbonyl (C=O) groups is 4. The van der Waals surface area contributed by atoms with Gasteiger partial charge in [0.2, 0.25) is 5.91 Å². The second-order valence-electron chi connectivity index (χ2n) is 7.28. The summed E-state index contributed by atoms with van der Waals surface area (Å²) in [6, 6.07) is 6.46. The fourth-order valence-corrected chi connectivity index (χ4v) is 3.08. The number of ether oxygens (including phenoxy) is 2. The Morgan fingerprint density at radius 2 is 1.73 bits per heavy atom. The lowest BCUT2D eigenvalue weighted by Crippen LogP contribution is -2.51. The zero-order chi connectivity index (χ0) is 21.9. The van der Waals surface area contributed by atoms with E-state index in [-0.39, 0.29) is 12.7 Å². The highest BCUT2D eigenvalue weighted by Gasteiger charge is 2.29. The van der Waals surface area contributed by atoms with E-state index in [1.807, 2.05) is 6.07 Å². The normalized spacial score (nSPS) is 16.0. The Bertz CT molecular complexity index is 732.